The van der Waals surface area contributed by atoms with Crippen LogP contribution in [0.3, 0.4) is 0 Å². The predicted octanol–water partition coefficient (Wildman–Crippen LogP) is 4.37. The molecule has 4 heteroatoms. The van der Waals surface area contributed by atoms with Crippen molar-refractivity contribution in [3.63, 3.8) is 0 Å². The van der Waals surface area contributed by atoms with Gasteiger partial charge in [-0.05, 0) is 24.9 Å². The van der Waals surface area contributed by atoms with Crippen LogP contribution in [-0.2, 0) is 6.42 Å². The fourth-order valence-electron chi connectivity index (χ4n) is 1.95. The predicted molar refractivity (Wildman–Crippen MR) is 63.2 cm³/mol. The molecule has 0 aliphatic heterocycles. The number of nitrogens with zero attached hydrogens (tertiary/aromatic N) is 3. The second-order valence-electron chi connectivity index (χ2n) is 3.68. The number of hydrogen-bond donors (Lipinski definition) is 0. The highest BCUT2D eigenvalue weighted by Crippen LogP contribution is 2.31. The number of fused-ring (bicyclic) bond motifs is 1. The van der Waals surface area contributed by atoms with Crippen LogP contribution in [0.15, 0.2) is 33.8 Å². The summed E-state index contributed by atoms with van der Waals surface area (Å²) in [5.41, 5.74) is 10.4. The summed E-state index contributed by atoms with van der Waals surface area (Å²) in [4.78, 5) is 2.82. The molecule has 1 heterocycles. The molecule has 82 valence electrons. The number of benzene rings is 1. The molecule has 0 spiro atoms. The molecule has 0 radical (unpaired) electrons. The van der Waals surface area contributed by atoms with Crippen LogP contribution in [0.2, 0.25) is 0 Å². The fourth-order valence-corrected chi connectivity index (χ4v) is 1.95. The van der Waals surface area contributed by atoms with E-state index >= 15 is 0 Å². The number of furan rings is 1. The standard InChI is InChI=1S/C12H13N3O/c1-3-9-10-6-4-5-7-11(10)16-12(9)8(2)14-15-13/h4-8H,3H2,1-2H3/t8-/m1/s1. The van der Waals surface area contributed by atoms with E-state index in [0.29, 0.717) is 0 Å². The minimum absolute atomic E-state index is 0.257. The van der Waals surface area contributed by atoms with Gasteiger partial charge in [-0.1, -0.05) is 30.2 Å². The minimum atomic E-state index is -0.257. The van der Waals surface area contributed by atoms with E-state index in [0.717, 1.165) is 28.7 Å². The van der Waals surface area contributed by atoms with Gasteiger partial charge in [-0.25, -0.2) is 0 Å². The third kappa shape index (κ3) is 1.64. The first kappa shape index (κ1) is 10.6. The molecule has 0 bridgehead atoms. The maximum Gasteiger partial charge on any atom is 0.134 e. The molecule has 0 saturated heterocycles. The second-order valence-corrected chi connectivity index (χ2v) is 3.68. The molecule has 16 heavy (non-hydrogen) atoms. The lowest BCUT2D eigenvalue weighted by Gasteiger charge is -2.02. The van der Waals surface area contributed by atoms with Gasteiger partial charge in [-0.15, -0.1) is 0 Å². The Morgan fingerprint density at radius 2 is 2.19 bits per heavy atom. The smallest absolute Gasteiger partial charge is 0.134 e. The van der Waals surface area contributed by atoms with Gasteiger partial charge in [0.05, 0.1) is 6.04 Å². The highest BCUT2D eigenvalue weighted by molar-refractivity contribution is 5.82. The lowest BCUT2D eigenvalue weighted by atomic mass is 10.1. The summed E-state index contributed by atoms with van der Waals surface area (Å²) in [7, 11) is 0. The number of aryl methyl sites for hydroxylation is 1. The molecule has 0 fully saturated rings. The molecule has 0 unspecified atom stereocenters. The number of hydrogen-bond acceptors (Lipinski definition) is 2. The molecule has 0 saturated carbocycles. The van der Waals surface area contributed by atoms with Crippen LogP contribution in [-0.4, -0.2) is 0 Å². The summed E-state index contributed by atoms with van der Waals surface area (Å²) in [6.45, 7) is 3.92. The quantitative estimate of drug-likeness (QED) is 0.426. The minimum Gasteiger partial charge on any atom is -0.460 e. The lowest BCUT2D eigenvalue weighted by Crippen LogP contribution is -1.90. The van der Waals surface area contributed by atoms with Gasteiger partial charge in [0, 0.05) is 15.9 Å². The van der Waals surface area contributed by atoms with E-state index in [1.165, 1.54) is 0 Å². The summed E-state index contributed by atoms with van der Waals surface area (Å²) in [6, 6.07) is 7.63. The van der Waals surface area contributed by atoms with Crippen molar-refractivity contribution in [2.24, 2.45) is 5.11 Å². The first-order valence-electron chi connectivity index (χ1n) is 5.32. The zero-order chi connectivity index (χ0) is 11.5. The summed E-state index contributed by atoms with van der Waals surface area (Å²) in [5, 5.41) is 4.80. The average molecular weight is 215 g/mol. The van der Waals surface area contributed by atoms with Crippen molar-refractivity contribution >= 4 is 11.0 Å². The molecule has 1 aromatic carbocycles. The van der Waals surface area contributed by atoms with Crippen LogP contribution in [0.1, 0.15) is 31.2 Å². The highest BCUT2D eigenvalue weighted by Gasteiger charge is 2.16. The van der Waals surface area contributed by atoms with Crippen LogP contribution in [0.4, 0.5) is 0 Å². The van der Waals surface area contributed by atoms with E-state index in [-0.39, 0.29) is 6.04 Å². The SMILES string of the molecule is CCc1c([C@@H](C)N=[N+]=[N-])oc2ccccc12. The number of rotatable bonds is 3. The van der Waals surface area contributed by atoms with Crippen LogP contribution >= 0.6 is 0 Å². The second kappa shape index (κ2) is 4.29. The van der Waals surface area contributed by atoms with Gasteiger partial charge in [0.25, 0.3) is 0 Å². The maximum absolute atomic E-state index is 8.45. The van der Waals surface area contributed by atoms with Crippen molar-refractivity contribution < 1.29 is 4.42 Å². The van der Waals surface area contributed by atoms with E-state index in [9.17, 15) is 0 Å². The first-order chi connectivity index (χ1) is 7.77. The zero-order valence-electron chi connectivity index (χ0n) is 9.34. The van der Waals surface area contributed by atoms with Gasteiger partial charge in [0.15, 0.2) is 0 Å². The summed E-state index contributed by atoms with van der Waals surface area (Å²) in [6.07, 6.45) is 0.873. The molecule has 0 aliphatic rings. The first-order valence-corrected chi connectivity index (χ1v) is 5.32. The molecule has 2 rings (SSSR count). The van der Waals surface area contributed by atoms with E-state index in [1.807, 2.05) is 31.2 Å². The van der Waals surface area contributed by atoms with Crippen LogP contribution < -0.4 is 0 Å². The molecule has 0 amide bonds. The highest BCUT2D eigenvalue weighted by atomic mass is 16.3. The van der Waals surface area contributed by atoms with E-state index < -0.39 is 0 Å². The monoisotopic (exact) mass is 215 g/mol. The van der Waals surface area contributed by atoms with Crippen molar-refractivity contribution in [2.75, 3.05) is 0 Å². The molecule has 1 atom stereocenters. The average Bonchev–Trinajstić information content (AvgIpc) is 2.67. The van der Waals surface area contributed by atoms with E-state index in [2.05, 4.69) is 16.9 Å². The number of azide groups is 1. The van der Waals surface area contributed by atoms with Crippen molar-refractivity contribution in [3.8, 4) is 0 Å². The Labute approximate surface area is 93.5 Å². The molecule has 4 nitrogen and oxygen atoms in total. The van der Waals surface area contributed by atoms with Crippen molar-refractivity contribution in [1.82, 2.24) is 0 Å². The van der Waals surface area contributed by atoms with Crippen molar-refractivity contribution in [1.29, 1.82) is 0 Å². The lowest BCUT2D eigenvalue weighted by molar-refractivity contribution is 0.506. The fraction of sp³-hybridized carbons (Fsp3) is 0.333. The Hall–Kier alpha value is -1.93. The Balaban J connectivity index is 2.64. The zero-order valence-corrected chi connectivity index (χ0v) is 9.34. The Morgan fingerprint density at radius 1 is 1.44 bits per heavy atom. The van der Waals surface area contributed by atoms with Gasteiger partial charge in [0.1, 0.15) is 11.3 Å². The van der Waals surface area contributed by atoms with E-state index in [1.54, 1.807) is 0 Å². The van der Waals surface area contributed by atoms with Gasteiger partial charge in [-0.2, -0.15) is 0 Å². The summed E-state index contributed by atoms with van der Waals surface area (Å²) < 4.78 is 5.74. The molecular formula is C12H13N3O. The maximum atomic E-state index is 8.45. The third-order valence-corrected chi connectivity index (χ3v) is 2.69. The Bertz CT molecular complexity index is 552. The Morgan fingerprint density at radius 3 is 2.88 bits per heavy atom. The van der Waals surface area contributed by atoms with Gasteiger partial charge in [-0.3, -0.25) is 0 Å². The van der Waals surface area contributed by atoms with Crippen molar-refractivity contribution in [3.05, 3.63) is 46.0 Å². The number of para-hydroxylation sites is 1. The van der Waals surface area contributed by atoms with Gasteiger partial charge >= 0.3 is 0 Å². The summed E-state index contributed by atoms with van der Waals surface area (Å²) in [5.74, 6) is 0.779. The molecule has 2 aromatic rings. The molecule has 0 N–H and O–H groups in total. The Kier molecular flexibility index (Phi) is 2.84. The van der Waals surface area contributed by atoms with Gasteiger partial charge < -0.3 is 4.42 Å². The van der Waals surface area contributed by atoms with E-state index in [4.69, 9.17) is 9.95 Å². The third-order valence-electron chi connectivity index (χ3n) is 2.69. The van der Waals surface area contributed by atoms with Gasteiger partial charge in [0.2, 0.25) is 0 Å². The van der Waals surface area contributed by atoms with Crippen LogP contribution in [0.5, 0.6) is 0 Å². The van der Waals surface area contributed by atoms with Crippen LogP contribution in [0.25, 0.3) is 21.4 Å². The normalized spacial score (nSPS) is 12.4. The summed E-state index contributed by atoms with van der Waals surface area (Å²) >= 11 is 0. The molecule has 0 aliphatic carbocycles. The molecule has 1 aromatic heterocycles. The van der Waals surface area contributed by atoms with Crippen LogP contribution in [0, 0.1) is 0 Å². The largest absolute Gasteiger partial charge is 0.460 e. The van der Waals surface area contributed by atoms with Crippen molar-refractivity contribution in [2.45, 2.75) is 26.3 Å². The molecular weight excluding hydrogens is 202 g/mol. The topological polar surface area (TPSA) is 61.9 Å².